The molecular weight excluding hydrogens is 416 g/mol. The summed E-state index contributed by atoms with van der Waals surface area (Å²) >= 11 is 0. The fraction of sp³-hybridized carbons (Fsp3) is 0.174. The second-order valence-electron chi connectivity index (χ2n) is 7.11. The van der Waals surface area contributed by atoms with Crippen molar-refractivity contribution in [2.24, 2.45) is 0 Å². The van der Waals surface area contributed by atoms with Crippen molar-refractivity contribution in [3.05, 3.63) is 77.9 Å². The van der Waals surface area contributed by atoms with Crippen LogP contribution < -0.4 is 19.5 Å². The summed E-state index contributed by atoms with van der Waals surface area (Å²) in [5.74, 6) is 0.663. The van der Waals surface area contributed by atoms with Crippen molar-refractivity contribution >= 4 is 27.3 Å². The third kappa shape index (κ3) is 4.80. The molecule has 0 bridgehead atoms. The van der Waals surface area contributed by atoms with E-state index in [9.17, 15) is 13.2 Å². The third-order valence-corrected chi connectivity index (χ3v) is 6.20. The van der Waals surface area contributed by atoms with Crippen molar-refractivity contribution in [3.8, 4) is 11.5 Å². The van der Waals surface area contributed by atoms with E-state index >= 15 is 0 Å². The molecule has 0 fully saturated rings. The Hall–Kier alpha value is -3.52. The summed E-state index contributed by atoms with van der Waals surface area (Å²) in [5.41, 5.74) is 2.45. The number of carbonyl (C=O) groups excluding carboxylic acids is 1. The van der Waals surface area contributed by atoms with Crippen LogP contribution in [0.1, 0.15) is 22.3 Å². The van der Waals surface area contributed by atoms with E-state index in [0.717, 1.165) is 17.7 Å². The van der Waals surface area contributed by atoms with Crippen molar-refractivity contribution in [1.82, 2.24) is 0 Å². The van der Waals surface area contributed by atoms with Gasteiger partial charge in [0.1, 0.15) is 0 Å². The molecule has 1 aliphatic heterocycles. The number of hydrogen-bond acceptors (Lipinski definition) is 5. The van der Waals surface area contributed by atoms with Crippen LogP contribution in [0, 0.1) is 6.92 Å². The fourth-order valence-electron chi connectivity index (χ4n) is 3.12. The molecule has 8 heteroatoms. The van der Waals surface area contributed by atoms with Crippen molar-refractivity contribution in [1.29, 1.82) is 0 Å². The predicted octanol–water partition coefficient (Wildman–Crippen LogP) is 4.21. The second kappa shape index (κ2) is 8.69. The Labute approximate surface area is 181 Å². The average Bonchev–Trinajstić information content (AvgIpc) is 3.00. The van der Waals surface area contributed by atoms with E-state index in [4.69, 9.17) is 9.47 Å². The summed E-state index contributed by atoms with van der Waals surface area (Å²) < 4.78 is 39.2. The molecule has 0 saturated heterocycles. The van der Waals surface area contributed by atoms with Crippen molar-refractivity contribution in [3.63, 3.8) is 0 Å². The molecule has 0 unspecified atom stereocenters. The van der Waals surface area contributed by atoms with E-state index < -0.39 is 10.0 Å². The zero-order chi connectivity index (χ0) is 21.8. The molecular formula is C23H22N2O5S. The van der Waals surface area contributed by atoms with Crippen molar-refractivity contribution in [2.45, 2.75) is 18.2 Å². The lowest BCUT2D eigenvalue weighted by molar-refractivity contribution is 0.102. The number of rotatable bonds is 5. The quantitative estimate of drug-likeness (QED) is 0.622. The van der Waals surface area contributed by atoms with E-state index in [1.807, 2.05) is 31.2 Å². The summed E-state index contributed by atoms with van der Waals surface area (Å²) in [4.78, 5) is 12.5. The van der Waals surface area contributed by atoms with Gasteiger partial charge in [0.25, 0.3) is 15.9 Å². The minimum absolute atomic E-state index is 0.0677. The maximum atomic E-state index is 12.8. The van der Waals surface area contributed by atoms with Gasteiger partial charge < -0.3 is 14.8 Å². The molecule has 31 heavy (non-hydrogen) atoms. The molecule has 1 aliphatic rings. The lowest BCUT2D eigenvalue weighted by Crippen LogP contribution is -2.14. The SMILES string of the molecule is Cc1ccccc1NC(=O)c1ccc(NS(=O)(=O)c2ccc3c(c2)OCCCO3)cc1. The van der Waals surface area contributed by atoms with Crippen molar-refractivity contribution < 1.29 is 22.7 Å². The molecule has 0 radical (unpaired) electrons. The highest BCUT2D eigenvalue weighted by molar-refractivity contribution is 7.92. The Balaban J connectivity index is 1.47. The Bertz CT molecular complexity index is 1210. The van der Waals surface area contributed by atoms with E-state index in [0.29, 0.717) is 36.0 Å². The largest absolute Gasteiger partial charge is 0.490 e. The summed E-state index contributed by atoms with van der Waals surface area (Å²) in [6.45, 7) is 2.91. The number of hydrogen-bond donors (Lipinski definition) is 2. The Morgan fingerprint density at radius 2 is 1.61 bits per heavy atom. The summed E-state index contributed by atoms with van der Waals surface area (Å²) in [5, 5.41) is 2.85. The first kappa shape index (κ1) is 20.7. The highest BCUT2D eigenvalue weighted by Crippen LogP contribution is 2.32. The minimum Gasteiger partial charge on any atom is -0.490 e. The number of nitrogens with one attached hydrogen (secondary N) is 2. The molecule has 3 aromatic rings. The predicted molar refractivity (Wildman–Crippen MR) is 118 cm³/mol. The van der Waals surface area contributed by atoms with Gasteiger partial charge in [-0.2, -0.15) is 0 Å². The lowest BCUT2D eigenvalue weighted by atomic mass is 10.1. The van der Waals surface area contributed by atoms with Crippen LogP contribution in [-0.4, -0.2) is 27.5 Å². The van der Waals surface area contributed by atoms with Gasteiger partial charge in [-0.15, -0.1) is 0 Å². The number of fused-ring (bicyclic) bond motifs is 1. The van der Waals surface area contributed by atoms with Crippen LogP contribution in [0.5, 0.6) is 11.5 Å². The number of amides is 1. The minimum atomic E-state index is -3.83. The molecule has 3 aromatic carbocycles. The van der Waals surface area contributed by atoms with Crippen LogP contribution in [0.2, 0.25) is 0 Å². The van der Waals surface area contributed by atoms with Gasteiger partial charge in [-0.1, -0.05) is 18.2 Å². The maximum absolute atomic E-state index is 12.8. The molecule has 4 rings (SSSR count). The second-order valence-corrected chi connectivity index (χ2v) is 8.79. The van der Waals surface area contributed by atoms with Crippen LogP contribution in [0.15, 0.2) is 71.6 Å². The Morgan fingerprint density at radius 3 is 2.35 bits per heavy atom. The molecule has 0 atom stereocenters. The molecule has 0 spiro atoms. The molecule has 2 N–H and O–H groups in total. The van der Waals surface area contributed by atoms with Crippen LogP contribution in [0.4, 0.5) is 11.4 Å². The highest BCUT2D eigenvalue weighted by atomic mass is 32.2. The number of sulfonamides is 1. The van der Waals surface area contributed by atoms with Gasteiger partial charge in [0.05, 0.1) is 18.1 Å². The lowest BCUT2D eigenvalue weighted by Gasteiger charge is -2.12. The summed E-state index contributed by atoms with van der Waals surface area (Å²) in [7, 11) is -3.83. The molecule has 0 aliphatic carbocycles. The third-order valence-electron chi connectivity index (χ3n) is 4.82. The van der Waals surface area contributed by atoms with Gasteiger partial charge in [0.2, 0.25) is 0 Å². The Kier molecular flexibility index (Phi) is 5.81. The average molecular weight is 439 g/mol. The number of aryl methyl sites for hydroxylation is 1. The van der Waals surface area contributed by atoms with Crippen LogP contribution in [0.25, 0.3) is 0 Å². The smallest absolute Gasteiger partial charge is 0.262 e. The maximum Gasteiger partial charge on any atom is 0.262 e. The van der Waals surface area contributed by atoms with Gasteiger partial charge in [0.15, 0.2) is 11.5 Å². The van der Waals surface area contributed by atoms with Gasteiger partial charge in [-0.3, -0.25) is 9.52 Å². The molecule has 160 valence electrons. The number of para-hydroxylation sites is 1. The summed E-state index contributed by atoms with van der Waals surface area (Å²) in [6, 6.07) is 18.2. The molecule has 0 saturated carbocycles. The van der Waals surface area contributed by atoms with Gasteiger partial charge in [0, 0.05) is 29.4 Å². The molecule has 0 aromatic heterocycles. The number of ether oxygens (including phenoxy) is 2. The van der Waals surface area contributed by atoms with E-state index in [-0.39, 0.29) is 10.8 Å². The topological polar surface area (TPSA) is 93.7 Å². The van der Waals surface area contributed by atoms with Crippen LogP contribution in [0.3, 0.4) is 0 Å². The first-order valence-corrected chi connectivity index (χ1v) is 11.3. The zero-order valence-corrected chi connectivity index (χ0v) is 17.7. The molecule has 7 nitrogen and oxygen atoms in total. The van der Waals surface area contributed by atoms with Gasteiger partial charge >= 0.3 is 0 Å². The normalized spacial score (nSPS) is 13.2. The van der Waals surface area contributed by atoms with Crippen molar-refractivity contribution in [2.75, 3.05) is 23.3 Å². The monoisotopic (exact) mass is 438 g/mol. The number of anilines is 2. The highest BCUT2D eigenvalue weighted by Gasteiger charge is 2.19. The van der Waals surface area contributed by atoms with E-state index in [1.165, 1.54) is 12.1 Å². The van der Waals surface area contributed by atoms with Crippen LogP contribution in [-0.2, 0) is 10.0 Å². The standard InChI is InChI=1S/C23H22N2O5S/c1-16-5-2-3-6-20(16)24-23(26)17-7-9-18(10-8-17)25-31(27,28)19-11-12-21-22(15-19)30-14-4-13-29-21/h2-3,5-12,15,25H,4,13-14H2,1H3,(H,24,26). The van der Waals surface area contributed by atoms with Gasteiger partial charge in [-0.05, 0) is 55.0 Å². The molecule has 1 heterocycles. The zero-order valence-electron chi connectivity index (χ0n) is 16.9. The first-order chi connectivity index (χ1) is 14.9. The fourth-order valence-corrected chi connectivity index (χ4v) is 4.20. The first-order valence-electron chi connectivity index (χ1n) is 9.82. The summed E-state index contributed by atoms with van der Waals surface area (Å²) in [6.07, 6.45) is 0.735. The van der Waals surface area contributed by atoms with E-state index in [2.05, 4.69) is 10.0 Å². The van der Waals surface area contributed by atoms with Crippen LogP contribution >= 0.6 is 0 Å². The number of carbonyl (C=O) groups is 1. The Morgan fingerprint density at radius 1 is 0.903 bits per heavy atom. The molecule has 1 amide bonds. The van der Waals surface area contributed by atoms with E-state index in [1.54, 1.807) is 30.3 Å². The number of benzene rings is 3. The van der Waals surface area contributed by atoms with Gasteiger partial charge in [-0.25, -0.2) is 8.42 Å².